The minimum atomic E-state index is -0.155. The summed E-state index contributed by atoms with van der Waals surface area (Å²) in [6, 6.07) is 17.1. The van der Waals surface area contributed by atoms with Crippen molar-refractivity contribution in [3.63, 3.8) is 0 Å². The van der Waals surface area contributed by atoms with Crippen molar-refractivity contribution in [3.05, 3.63) is 59.1 Å². The van der Waals surface area contributed by atoms with Gasteiger partial charge in [0, 0.05) is 10.2 Å². The Balaban J connectivity index is 1.78. The summed E-state index contributed by atoms with van der Waals surface area (Å²) >= 11 is 3.38. The van der Waals surface area contributed by atoms with E-state index in [0.717, 1.165) is 27.4 Å². The Morgan fingerprint density at radius 2 is 1.83 bits per heavy atom. The first kappa shape index (κ1) is 17.5. The Bertz CT molecular complexity index is 617. The maximum absolute atomic E-state index is 12.3. The number of rotatable bonds is 7. The summed E-state index contributed by atoms with van der Waals surface area (Å²) in [6.45, 7) is 3.25. The normalized spacial score (nSPS) is 13.2. The number of carbonyl (C=O) groups excluding carboxylic acids is 1. The number of para-hydroxylation sites is 1. The molecule has 2 atom stereocenters. The number of amides is 1. The largest absolute Gasteiger partial charge is 0.488 e. The van der Waals surface area contributed by atoms with E-state index >= 15 is 0 Å². The summed E-state index contributed by atoms with van der Waals surface area (Å²) in [6.07, 6.45) is 0. The van der Waals surface area contributed by atoms with Gasteiger partial charge in [-0.1, -0.05) is 34.1 Å². The molecule has 122 valence electrons. The average Bonchev–Trinajstić information content (AvgIpc) is 2.57. The molecule has 1 amide bonds. The van der Waals surface area contributed by atoms with E-state index in [9.17, 15) is 4.79 Å². The maximum atomic E-state index is 12.3. The molecule has 0 aliphatic rings. The number of benzene rings is 2. The highest BCUT2D eigenvalue weighted by Gasteiger charge is 2.21. The van der Waals surface area contributed by atoms with Crippen LogP contribution in [0.4, 0.5) is 5.69 Å². The van der Waals surface area contributed by atoms with Crippen LogP contribution in [0.5, 0.6) is 5.75 Å². The van der Waals surface area contributed by atoms with E-state index in [1.165, 1.54) is 0 Å². The van der Waals surface area contributed by atoms with Crippen LogP contribution in [0, 0.1) is 0 Å². The molecule has 23 heavy (non-hydrogen) atoms. The molecule has 0 fully saturated rings. The summed E-state index contributed by atoms with van der Waals surface area (Å²) in [5.41, 5.74) is 0.804. The van der Waals surface area contributed by atoms with Gasteiger partial charge in [-0.2, -0.15) is 0 Å². The molecule has 0 bridgehead atoms. The molecule has 0 spiro atoms. The number of anilines is 1. The lowest BCUT2D eigenvalue weighted by Crippen LogP contribution is -3.14. The quantitative estimate of drug-likeness (QED) is 0.777. The highest BCUT2D eigenvalue weighted by Crippen LogP contribution is 2.14. The Morgan fingerprint density at radius 1 is 1.17 bits per heavy atom. The number of halogens is 1. The summed E-state index contributed by atoms with van der Waals surface area (Å²) in [7, 11) is 2.00. The molecule has 0 heterocycles. The molecule has 0 aliphatic carbocycles. The van der Waals surface area contributed by atoms with E-state index in [2.05, 4.69) is 21.2 Å². The van der Waals surface area contributed by atoms with Crippen LogP contribution >= 0.6 is 15.9 Å². The monoisotopic (exact) mass is 377 g/mol. The molecule has 2 rings (SSSR count). The number of quaternary nitrogens is 1. The van der Waals surface area contributed by atoms with Crippen LogP contribution in [0.1, 0.15) is 6.92 Å². The van der Waals surface area contributed by atoms with E-state index in [1.54, 1.807) is 0 Å². The smallest absolute Gasteiger partial charge is 0.282 e. The number of ether oxygens (including phenoxy) is 1. The SMILES string of the molecule is C[C@H](C(=O)Nc1ccc(Br)cc1)[NH+](C)CCOc1ccccc1. The molecule has 4 nitrogen and oxygen atoms in total. The van der Waals surface area contributed by atoms with E-state index < -0.39 is 0 Å². The Labute approximate surface area is 145 Å². The number of nitrogens with one attached hydrogen (secondary N) is 2. The average molecular weight is 378 g/mol. The lowest BCUT2D eigenvalue weighted by atomic mass is 10.2. The van der Waals surface area contributed by atoms with Crippen LogP contribution in [0.25, 0.3) is 0 Å². The van der Waals surface area contributed by atoms with Gasteiger partial charge in [0.05, 0.1) is 7.05 Å². The summed E-state index contributed by atoms with van der Waals surface area (Å²) < 4.78 is 6.67. The second-order valence-electron chi connectivity index (χ2n) is 5.48. The lowest BCUT2D eigenvalue weighted by Gasteiger charge is -2.21. The third kappa shape index (κ3) is 5.69. The molecule has 2 aromatic rings. The minimum absolute atomic E-state index is 0.00420. The fourth-order valence-corrected chi connectivity index (χ4v) is 2.33. The number of likely N-dealkylation sites (N-methyl/N-ethyl adjacent to an activating group) is 1. The van der Waals surface area contributed by atoms with Gasteiger partial charge in [-0.3, -0.25) is 4.79 Å². The zero-order valence-corrected chi connectivity index (χ0v) is 15.0. The molecule has 0 aromatic heterocycles. The van der Waals surface area contributed by atoms with Gasteiger partial charge in [-0.25, -0.2) is 0 Å². The van der Waals surface area contributed by atoms with Crippen molar-refractivity contribution in [2.75, 3.05) is 25.5 Å². The predicted octanol–water partition coefficient (Wildman–Crippen LogP) is 2.37. The third-order valence-electron chi connectivity index (χ3n) is 3.75. The lowest BCUT2D eigenvalue weighted by molar-refractivity contribution is -0.894. The second kappa shape index (κ2) is 8.70. The van der Waals surface area contributed by atoms with E-state index in [0.29, 0.717) is 6.61 Å². The molecular formula is C18H22BrN2O2+. The maximum Gasteiger partial charge on any atom is 0.282 e. The van der Waals surface area contributed by atoms with Crippen molar-refractivity contribution in [3.8, 4) is 5.75 Å². The highest BCUT2D eigenvalue weighted by atomic mass is 79.9. The molecule has 0 aliphatic heterocycles. The van der Waals surface area contributed by atoms with Crippen molar-refractivity contribution < 1.29 is 14.4 Å². The van der Waals surface area contributed by atoms with Crippen LogP contribution in [-0.4, -0.2) is 32.1 Å². The molecule has 2 N–H and O–H groups in total. The first-order valence-corrected chi connectivity index (χ1v) is 8.42. The number of hydrogen-bond donors (Lipinski definition) is 2. The van der Waals surface area contributed by atoms with Gasteiger partial charge >= 0.3 is 0 Å². The first-order chi connectivity index (χ1) is 11.1. The van der Waals surface area contributed by atoms with Crippen LogP contribution in [0.2, 0.25) is 0 Å². The molecule has 2 aromatic carbocycles. The minimum Gasteiger partial charge on any atom is -0.488 e. The first-order valence-electron chi connectivity index (χ1n) is 7.63. The molecule has 0 radical (unpaired) electrons. The van der Waals surface area contributed by atoms with Crippen molar-refractivity contribution in [1.29, 1.82) is 0 Å². The van der Waals surface area contributed by atoms with Crippen molar-refractivity contribution in [1.82, 2.24) is 0 Å². The topological polar surface area (TPSA) is 42.8 Å². The molecule has 0 saturated carbocycles. The van der Waals surface area contributed by atoms with Crippen LogP contribution in [-0.2, 0) is 4.79 Å². The fourth-order valence-electron chi connectivity index (χ4n) is 2.07. The van der Waals surface area contributed by atoms with E-state index in [4.69, 9.17) is 4.74 Å². The van der Waals surface area contributed by atoms with Gasteiger partial charge in [-0.05, 0) is 43.3 Å². The number of hydrogen-bond acceptors (Lipinski definition) is 2. The Hall–Kier alpha value is -1.85. The molecular weight excluding hydrogens is 356 g/mol. The van der Waals surface area contributed by atoms with Crippen LogP contribution in [0.3, 0.4) is 0 Å². The van der Waals surface area contributed by atoms with Gasteiger partial charge in [-0.15, -0.1) is 0 Å². The zero-order chi connectivity index (χ0) is 16.7. The van der Waals surface area contributed by atoms with Crippen molar-refractivity contribution in [2.24, 2.45) is 0 Å². The Kier molecular flexibility index (Phi) is 6.62. The van der Waals surface area contributed by atoms with Gasteiger partial charge in [0.1, 0.15) is 18.9 Å². The summed E-state index contributed by atoms with van der Waals surface area (Å²) in [5.74, 6) is 0.858. The van der Waals surface area contributed by atoms with Gasteiger partial charge < -0.3 is 15.0 Å². The molecule has 5 heteroatoms. The molecule has 1 unspecified atom stereocenters. The molecule has 0 saturated heterocycles. The van der Waals surface area contributed by atoms with E-state index in [1.807, 2.05) is 68.6 Å². The standard InChI is InChI=1S/C18H21BrN2O2/c1-14(18(22)20-16-10-8-15(19)9-11-16)21(2)12-13-23-17-6-4-3-5-7-17/h3-11,14H,12-13H2,1-2H3,(H,20,22)/p+1/t14-/m1/s1. The van der Waals surface area contributed by atoms with Crippen LogP contribution < -0.4 is 15.0 Å². The third-order valence-corrected chi connectivity index (χ3v) is 4.28. The van der Waals surface area contributed by atoms with Crippen molar-refractivity contribution in [2.45, 2.75) is 13.0 Å². The Morgan fingerprint density at radius 3 is 2.48 bits per heavy atom. The van der Waals surface area contributed by atoms with Crippen LogP contribution in [0.15, 0.2) is 59.1 Å². The zero-order valence-electron chi connectivity index (χ0n) is 13.4. The summed E-state index contributed by atoms with van der Waals surface area (Å²) in [5, 5.41) is 2.94. The van der Waals surface area contributed by atoms with Gasteiger partial charge in [0.2, 0.25) is 0 Å². The summed E-state index contributed by atoms with van der Waals surface area (Å²) in [4.78, 5) is 13.4. The second-order valence-corrected chi connectivity index (χ2v) is 6.39. The number of carbonyl (C=O) groups is 1. The fraction of sp³-hybridized carbons (Fsp3) is 0.278. The van der Waals surface area contributed by atoms with Gasteiger partial charge in [0.15, 0.2) is 6.04 Å². The van der Waals surface area contributed by atoms with Gasteiger partial charge in [0.25, 0.3) is 5.91 Å². The van der Waals surface area contributed by atoms with Crippen molar-refractivity contribution >= 4 is 27.5 Å². The highest BCUT2D eigenvalue weighted by molar-refractivity contribution is 9.10. The van der Waals surface area contributed by atoms with E-state index in [-0.39, 0.29) is 11.9 Å². The predicted molar refractivity (Wildman–Crippen MR) is 95.9 cm³/mol.